The quantitative estimate of drug-likeness (QED) is 0.724. The molecule has 1 atom stereocenters. The highest BCUT2D eigenvalue weighted by molar-refractivity contribution is 5.91. The van der Waals surface area contributed by atoms with Gasteiger partial charge in [0.05, 0.1) is 18.6 Å². The highest BCUT2D eigenvalue weighted by Crippen LogP contribution is 2.34. The molecule has 0 saturated carbocycles. The van der Waals surface area contributed by atoms with Crippen LogP contribution in [0.15, 0.2) is 18.2 Å². The normalized spacial score (nSPS) is 12.4. The Kier molecular flexibility index (Phi) is 7.07. The van der Waals surface area contributed by atoms with Crippen molar-refractivity contribution < 1.29 is 24.2 Å². The van der Waals surface area contributed by atoms with Gasteiger partial charge in [-0.15, -0.1) is 0 Å². The number of aliphatic carboxylic acids is 1. The van der Waals surface area contributed by atoms with Crippen LogP contribution in [0.1, 0.15) is 46.6 Å². The fourth-order valence-corrected chi connectivity index (χ4v) is 2.25. The minimum absolute atomic E-state index is 0.324. The third kappa shape index (κ3) is 4.63. The van der Waals surface area contributed by atoms with E-state index in [2.05, 4.69) is 5.32 Å². The SMILES string of the molecule is CCOc1ccc(C(C)(C)C(=O)NC(CC)C(=O)O)cc1OCC. The number of nitrogens with one attached hydrogen (secondary N) is 1. The van der Waals surface area contributed by atoms with Crippen LogP contribution < -0.4 is 14.8 Å². The molecular weight excluding hydrogens is 310 g/mol. The predicted molar refractivity (Wildman–Crippen MR) is 91.7 cm³/mol. The van der Waals surface area contributed by atoms with Gasteiger partial charge in [0.25, 0.3) is 0 Å². The van der Waals surface area contributed by atoms with Crippen LogP contribution in [0.3, 0.4) is 0 Å². The Morgan fingerprint density at radius 1 is 1.12 bits per heavy atom. The van der Waals surface area contributed by atoms with Gasteiger partial charge in [-0.1, -0.05) is 13.0 Å². The molecule has 0 radical (unpaired) electrons. The highest BCUT2D eigenvalue weighted by Gasteiger charge is 2.33. The predicted octanol–water partition coefficient (Wildman–Crippen LogP) is 2.74. The van der Waals surface area contributed by atoms with Crippen molar-refractivity contribution in [3.63, 3.8) is 0 Å². The molecule has 134 valence electrons. The fourth-order valence-electron chi connectivity index (χ4n) is 2.25. The van der Waals surface area contributed by atoms with E-state index in [-0.39, 0.29) is 5.91 Å². The van der Waals surface area contributed by atoms with Crippen molar-refractivity contribution in [3.05, 3.63) is 23.8 Å². The first-order valence-corrected chi connectivity index (χ1v) is 8.21. The number of carbonyl (C=O) groups excluding carboxylic acids is 1. The van der Waals surface area contributed by atoms with Crippen molar-refractivity contribution in [3.8, 4) is 11.5 Å². The van der Waals surface area contributed by atoms with Crippen LogP contribution in [-0.2, 0) is 15.0 Å². The second-order valence-corrected chi connectivity index (χ2v) is 5.93. The van der Waals surface area contributed by atoms with Crippen molar-refractivity contribution in [1.29, 1.82) is 0 Å². The number of carbonyl (C=O) groups is 2. The number of amides is 1. The molecule has 0 fully saturated rings. The van der Waals surface area contributed by atoms with Crippen LogP contribution in [0, 0.1) is 0 Å². The summed E-state index contributed by atoms with van der Waals surface area (Å²) in [5.41, 5.74) is -0.174. The van der Waals surface area contributed by atoms with E-state index in [0.29, 0.717) is 31.1 Å². The smallest absolute Gasteiger partial charge is 0.326 e. The molecule has 0 bridgehead atoms. The van der Waals surface area contributed by atoms with Crippen molar-refractivity contribution >= 4 is 11.9 Å². The Hall–Kier alpha value is -2.24. The van der Waals surface area contributed by atoms with Gasteiger partial charge >= 0.3 is 5.97 Å². The number of hydrogen-bond donors (Lipinski definition) is 2. The van der Waals surface area contributed by atoms with E-state index < -0.39 is 17.4 Å². The fraction of sp³-hybridized carbons (Fsp3) is 0.556. The average molecular weight is 337 g/mol. The van der Waals surface area contributed by atoms with E-state index in [1.165, 1.54) is 0 Å². The Balaban J connectivity index is 3.10. The summed E-state index contributed by atoms with van der Waals surface area (Å²) in [5.74, 6) is -0.189. The van der Waals surface area contributed by atoms with Crippen LogP contribution in [0.5, 0.6) is 11.5 Å². The lowest BCUT2D eigenvalue weighted by Crippen LogP contribution is -2.48. The molecule has 1 unspecified atom stereocenters. The van der Waals surface area contributed by atoms with Crippen LogP contribution in [0.4, 0.5) is 0 Å². The van der Waals surface area contributed by atoms with Crippen LogP contribution in [0.2, 0.25) is 0 Å². The molecule has 6 heteroatoms. The van der Waals surface area contributed by atoms with Gasteiger partial charge in [0.1, 0.15) is 6.04 Å². The summed E-state index contributed by atoms with van der Waals surface area (Å²) in [6.07, 6.45) is 0.324. The lowest BCUT2D eigenvalue weighted by atomic mass is 9.83. The molecule has 0 spiro atoms. The molecule has 24 heavy (non-hydrogen) atoms. The zero-order valence-corrected chi connectivity index (χ0v) is 15.0. The molecule has 6 nitrogen and oxygen atoms in total. The van der Waals surface area contributed by atoms with Gasteiger partial charge in [0.15, 0.2) is 11.5 Å². The number of ether oxygens (including phenoxy) is 2. The summed E-state index contributed by atoms with van der Waals surface area (Å²) >= 11 is 0. The molecule has 0 aliphatic rings. The molecule has 2 N–H and O–H groups in total. The van der Waals surface area contributed by atoms with Crippen molar-refractivity contribution in [1.82, 2.24) is 5.32 Å². The Morgan fingerprint density at radius 2 is 1.71 bits per heavy atom. The van der Waals surface area contributed by atoms with Gasteiger partial charge in [0, 0.05) is 0 Å². The largest absolute Gasteiger partial charge is 0.490 e. The zero-order valence-electron chi connectivity index (χ0n) is 15.0. The van der Waals surface area contributed by atoms with Crippen molar-refractivity contribution in [2.24, 2.45) is 0 Å². The Labute approximate surface area is 143 Å². The monoisotopic (exact) mass is 337 g/mol. The zero-order chi connectivity index (χ0) is 18.3. The standard InChI is InChI=1S/C18H27NO5/c1-6-13(16(20)21)19-17(22)18(4,5)12-9-10-14(23-7-2)15(11-12)24-8-3/h9-11,13H,6-8H2,1-5H3,(H,19,22)(H,20,21). The van der Waals surface area contributed by atoms with E-state index in [4.69, 9.17) is 14.6 Å². The number of carboxylic acid groups (broad SMARTS) is 1. The lowest BCUT2D eigenvalue weighted by molar-refractivity contribution is -0.142. The third-order valence-corrected chi connectivity index (χ3v) is 3.84. The molecule has 0 aliphatic carbocycles. The number of benzene rings is 1. The third-order valence-electron chi connectivity index (χ3n) is 3.84. The van der Waals surface area contributed by atoms with Gasteiger partial charge in [-0.25, -0.2) is 4.79 Å². The molecule has 1 rings (SSSR count). The minimum atomic E-state index is -1.04. The summed E-state index contributed by atoms with van der Waals surface area (Å²) in [5, 5.41) is 11.7. The minimum Gasteiger partial charge on any atom is -0.490 e. The number of hydrogen-bond acceptors (Lipinski definition) is 4. The lowest BCUT2D eigenvalue weighted by Gasteiger charge is -2.27. The first-order chi connectivity index (χ1) is 11.3. The maximum Gasteiger partial charge on any atom is 0.326 e. The Morgan fingerprint density at radius 3 is 2.21 bits per heavy atom. The molecule has 1 aromatic carbocycles. The summed E-state index contributed by atoms with van der Waals surface area (Å²) in [4.78, 5) is 23.7. The molecular formula is C18H27NO5. The van der Waals surface area contributed by atoms with Crippen LogP contribution in [0.25, 0.3) is 0 Å². The van der Waals surface area contributed by atoms with E-state index >= 15 is 0 Å². The number of carboxylic acids is 1. The first kappa shape index (κ1) is 19.8. The van der Waals surface area contributed by atoms with Crippen molar-refractivity contribution in [2.75, 3.05) is 13.2 Å². The summed E-state index contributed by atoms with van der Waals surface area (Å²) < 4.78 is 11.1. The summed E-state index contributed by atoms with van der Waals surface area (Å²) in [7, 11) is 0. The van der Waals surface area contributed by atoms with E-state index in [1.54, 1.807) is 39.0 Å². The van der Waals surface area contributed by atoms with E-state index in [0.717, 1.165) is 5.56 Å². The van der Waals surface area contributed by atoms with Gasteiger partial charge in [-0.05, 0) is 51.8 Å². The second kappa shape index (κ2) is 8.57. The van der Waals surface area contributed by atoms with Gasteiger partial charge < -0.3 is 19.9 Å². The second-order valence-electron chi connectivity index (χ2n) is 5.93. The van der Waals surface area contributed by atoms with Gasteiger partial charge in [0.2, 0.25) is 5.91 Å². The highest BCUT2D eigenvalue weighted by atomic mass is 16.5. The molecule has 0 saturated heterocycles. The average Bonchev–Trinajstić information content (AvgIpc) is 2.53. The molecule has 1 aromatic rings. The number of rotatable bonds is 9. The first-order valence-electron chi connectivity index (χ1n) is 8.21. The summed E-state index contributed by atoms with van der Waals surface area (Å²) in [6, 6.07) is 4.45. The maximum absolute atomic E-state index is 12.6. The van der Waals surface area contributed by atoms with Crippen LogP contribution >= 0.6 is 0 Å². The maximum atomic E-state index is 12.6. The van der Waals surface area contributed by atoms with Crippen LogP contribution in [-0.4, -0.2) is 36.2 Å². The summed E-state index contributed by atoms with van der Waals surface area (Å²) in [6.45, 7) is 9.98. The van der Waals surface area contributed by atoms with E-state index in [9.17, 15) is 9.59 Å². The van der Waals surface area contributed by atoms with E-state index in [1.807, 2.05) is 13.8 Å². The molecule has 0 aromatic heterocycles. The Bertz CT molecular complexity index is 583. The van der Waals surface area contributed by atoms with Gasteiger partial charge in [-0.3, -0.25) is 4.79 Å². The molecule has 0 heterocycles. The van der Waals surface area contributed by atoms with Gasteiger partial charge in [-0.2, -0.15) is 0 Å². The van der Waals surface area contributed by atoms with Crippen molar-refractivity contribution in [2.45, 2.75) is 52.5 Å². The molecule has 0 aliphatic heterocycles. The molecule has 1 amide bonds. The topological polar surface area (TPSA) is 84.9 Å².